The molecule has 0 radical (unpaired) electrons. The number of rotatable bonds is 5. The Morgan fingerprint density at radius 3 is 2.59 bits per heavy atom. The van der Waals surface area contributed by atoms with Crippen molar-refractivity contribution >= 4 is 29.1 Å². The highest BCUT2D eigenvalue weighted by molar-refractivity contribution is 6.42. The quantitative estimate of drug-likeness (QED) is 0.679. The number of hydrogen-bond acceptors (Lipinski definition) is 3. The van der Waals surface area contributed by atoms with Crippen LogP contribution in [0.25, 0.3) is 11.3 Å². The molecule has 0 aliphatic carbocycles. The first-order chi connectivity index (χ1) is 12.8. The molecular weight excluding hydrogens is 385 g/mol. The molecule has 0 atom stereocenters. The van der Waals surface area contributed by atoms with Gasteiger partial charge in [0.05, 0.1) is 21.4 Å². The Kier molecular flexibility index (Phi) is 5.58. The van der Waals surface area contributed by atoms with E-state index in [-0.39, 0.29) is 5.91 Å². The van der Waals surface area contributed by atoms with Crippen LogP contribution >= 0.6 is 23.2 Å². The van der Waals surface area contributed by atoms with E-state index < -0.39 is 0 Å². The fraction of sp³-hybridized carbons (Fsp3) is 0.316. The van der Waals surface area contributed by atoms with Gasteiger partial charge in [0.1, 0.15) is 5.69 Å². The molecule has 2 aromatic heterocycles. The molecule has 27 heavy (non-hydrogen) atoms. The zero-order valence-corrected chi connectivity index (χ0v) is 17.2. The average molecular weight is 406 g/mol. The maximum Gasteiger partial charge on any atom is 0.271 e. The molecule has 3 aromatic rings. The summed E-state index contributed by atoms with van der Waals surface area (Å²) in [4.78, 5) is 14.4. The van der Waals surface area contributed by atoms with Crippen molar-refractivity contribution in [3.05, 3.63) is 57.0 Å². The van der Waals surface area contributed by atoms with Crippen molar-refractivity contribution in [3.63, 3.8) is 0 Å². The Morgan fingerprint density at radius 2 is 1.96 bits per heavy atom. The number of nitrogens with zero attached hydrogens (tertiary/aromatic N) is 4. The van der Waals surface area contributed by atoms with Gasteiger partial charge in [-0.3, -0.25) is 14.6 Å². The van der Waals surface area contributed by atoms with E-state index in [2.05, 4.69) is 15.3 Å². The second-order valence-corrected chi connectivity index (χ2v) is 7.24. The second-order valence-electron chi connectivity index (χ2n) is 6.42. The normalized spacial score (nSPS) is 11.0. The lowest BCUT2D eigenvalue weighted by molar-refractivity contribution is 0.0779. The summed E-state index contributed by atoms with van der Waals surface area (Å²) < 4.78 is 1.95. The predicted molar refractivity (Wildman–Crippen MR) is 107 cm³/mol. The summed E-state index contributed by atoms with van der Waals surface area (Å²) in [5.74, 6) is -0.142. The molecule has 1 aromatic carbocycles. The third-order valence-corrected chi connectivity index (χ3v) is 5.34. The van der Waals surface area contributed by atoms with Crippen molar-refractivity contribution in [1.82, 2.24) is 24.9 Å². The van der Waals surface area contributed by atoms with E-state index in [1.54, 1.807) is 30.1 Å². The van der Waals surface area contributed by atoms with Crippen molar-refractivity contribution in [3.8, 4) is 11.3 Å². The number of H-pyrrole nitrogens is 1. The molecular formula is C19H21Cl2N5O. The SMILES string of the molecule is CCn1nc(C)c(CN(C)C(=O)c2cc(-c3ccc(Cl)c(Cl)c3)n[nH]2)c1C. The number of nitrogens with one attached hydrogen (secondary N) is 1. The minimum atomic E-state index is -0.142. The monoisotopic (exact) mass is 405 g/mol. The van der Waals surface area contributed by atoms with E-state index in [4.69, 9.17) is 23.2 Å². The number of aryl methyl sites for hydroxylation is 2. The zero-order valence-electron chi connectivity index (χ0n) is 15.7. The van der Waals surface area contributed by atoms with Crippen LogP contribution in [0.5, 0.6) is 0 Å². The smallest absolute Gasteiger partial charge is 0.271 e. The standard InChI is InChI=1S/C19H21Cl2N5O/c1-5-26-12(3)14(11(2)24-26)10-25(4)19(27)18-9-17(22-23-18)13-6-7-15(20)16(21)8-13/h6-9H,5,10H2,1-4H3,(H,22,23). The number of halogens is 2. The molecule has 0 bridgehead atoms. The fourth-order valence-electron chi connectivity index (χ4n) is 3.02. The van der Waals surface area contributed by atoms with Gasteiger partial charge in [0.15, 0.2) is 0 Å². The predicted octanol–water partition coefficient (Wildman–Crippen LogP) is 4.49. The first-order valence-electron chi connectivity index (χ1n) is 8.61. The van der Waals surface area contributed by atoms with E-state index in [1.807, 2.05) is 31.5 Å². The van der Waals surface area contributed by atoms with Gasteiger partial charge in [-0.05, 0) is 39.0 Å². The molecule has 0 fully saturated rings. The van der Waals surface area contributed by atoms with E-state index in [0.717, 1.165) is 29.1 Å². The lowest BCUT2D eigenvalue weighted by atomic mass is 10.1. The van der Waals surface area contributed by atoms with E-state index in [0.29, 0.717) is 28.0 Å². The molecule has 6 nitrogen and oxygen atoms in total. The van der Waals surface area contributed by atoms with E-state index in [1.165, 1.54) is 0 Å². The lowest BCUT2D eigenvalue weighted by Gasteiger charge is -2.16. The maximum atomic E-state index is 12.8. The van der Waals surface area contributed by atoms with Crippen LogP contribution in [-0.4, -0.2) is 37.8 Å². The number of carbonyl (C=O) groups is 1. The average Bonchev–Trinajstić information content (AvgIpc) is 3.23. The highest BCUT2D eigenvalue weighted by Gasteiger charge is 2.19. The number of hydrogen-bond donors (Lipinski definition) is 1. The number of carbonyl (C=O) groups excluding carboxylic acids is 1. The van der Waals surface area contributed by atoms with Crippen LogP contribution < -0.4 is 0 Å². The molecule has 0 saturated carbocycles. The third-order valence-electron chi connectivity index (χ3n) is 4.60. The Hall–Kier alpha value is -2.31. The van der Waals surface area contributed by atoms with Gasteiger partial charge in [0.25, 0.3) is 5.91 Å². The highest BCUT2D eigenvalue weighted by atomic mass is 35.5. The first-order valence-corrected chi connectivity index (χ1v) is 9.36. The van der Waals surface area contributed by atoms with Crippen LogP contribution in [0.15, 0.2) is 24.3 Å². The zero-order chi connectivity index (χ0) is 19.7. The Balaban J connectivity index is 1.79. The molecule has 1 N–H and O–H groups in total. The Morgan fingerprint density at radius 1 is 1.22 bits per heavy atom. The van der Waals surface area contributed by atoms with Gasteiger partial charge in [-0.1, -0.05) is 29.3 Å². The summed E-state index contributed by atoms with van der Waals surface area (Å²) in [7, 11) is 1.77. The fourth-order valence-corrected chi connectivity index (χ4v) is 3.32. The number of benzene rings is 1. The number of aromatic amines is 1. The van der Waals surface area contributed by atoms with Gasteiger partial charge >= 0.3 is 0 Å². The summed E-state index contributed by atoms with van der Waals surface area (Å²) in [6.07, 6.45) is 0. The van der Waals surface area contributed by atoms with Crippen LogP contribution in [0.3, 0.4) is 0 Å². The molecule has 0 unspecified atom stereocenters. The highest BCUT2D eigenvalue weighted by Crippen LogP contribution is 2.28. The summed E-state index contributed by atoms with van der Waals surface area (Å²) in [5, 5.41) is 12.5. The van der Waals surface area contributed by atoms with Crippen molar-refractivity contribution in [1.29, 1.82) is 0 Å². The van der Waals surface area contributed by atoms with Gasteiger partial charge in [0.2, 0.25) is 0 Å². The molecule has 0 aliphatic rings. The number of amides is 1. The third kappa shape index (κ3) is 3.87. The molecule has 0 saturated heterocycles. The van der Waals surface area contributed by atoms with Gasteiger partial charge in [0, 0.05) is 37.0 Å². The molecule has 1 amide bonds. The molecule has 142 valence electrons. The van der Waals surface area contributed by atoms with Gasteiger partial charge in [-0.2, -0.15) is 10.2 Å². The van der Waals surface area contributed by atoms with E-state index >= 15 is 0 Å². The van der Waals surface area contributed by atoms with Gasteiger partial charge < -0.3 is 4.90 Å². The minimum absolute atomic E-state index is 0.142. The van der Waals surface area contributed by atoms with Crippen LogP contribution in [0.4, 0.5) is 0 Å². The second kappa shape index (κ2) is 7.74. The molecule has 2 heterocycles. The molecule has 0 spiro atoms. The number of aromatic nitrogens is 4. The summed E-state index contributed by atoms with van der Waals surface area (Å²) in [6, 6.07) is 6.96. The van der Waals surface area contributed by atoms with Crippen molar-refractivity contribution < 1.29 is 4.79 Å². The van der Waals surface area contributed by atoms with E-state index in [9.17, 15) is 4.79 Å². The van der Waals surface area contributed by atoms with Gasteiger partial charge in [-0.25, -0.2) is 0 Å². The van der Waals surface area contributed by atoms with Crippen LogP contribution in [0.1, 0.15) is 34.4 Å². The Labute approximate surface area is 168 Å². The Bertz CT molecular complexity index is 992. The first kappa shape index (κ1) is 19.5. The van der Waals surface area contributed by atoms with Gasteiger partial charge in [-0.15, -0.1) is 0 Å². The van der Waals surface area contributed by atoms with Crippen molar-refractivity contribution in [2.75, 3.05) is 7.05 Å². The summed E-state index contributed by atoms with van der Waals surface area (Å²) in [5.41, 5.74) is 4.93. The van der Waals surface area contributed by atoms with Crippen molar-refractivity contribution in [2.45, 2.75) is 33.9 Å². The summed E-state index contributed by atoms with van der Waals surface area (Å²) in [6.45, 7) is 7.32. The maximum absolute atomic E-state index is 12.8. The molecule has 8 heteroatoms. The largest absolute Gasteiger partial charge is 0.336 e. The van der Waals surface area contributed by atoms with Crippen molar-refractivity contribution in [2.24, 2.45) is 0 Å². The van der Waals surface area contributed by atoms with Crippen LogP contribution in [-0.2, 0) is 13.1 Å². The topological polar surface area (TPSA) is 66.8 Å². The van der Waals surface area contributed by atoms with Crippen LogP contribution in [0, 0.1) is 13.8 Å². The molecule has 0 aliphatic heterocycles. The molecule has 3 rings (SSSR count). The van der Waals surface area contributed by atoms with Crippen LogP contribution in [0.2, 0.25) is 10.0 Å². The summed E-state index contributed by atoms with van der Waals surface area (Å²) >= 11 is 12.0. The minimum Gasteiger partial charge on any atom is -0.336 e. The lowest BCUT2D eigenvalue weighted by Crippen LogP contribution is -2.27.